The average molecular weight is 553 g/mol. The van der Waals surface area contributed by atoms with Crippen molar-refractivity contribution in [3.63, 3.8) is 0 Å². The molecule has 7 nitrogen and oxygen atoms in total. The molecule has 5 aromatic rings. The van der Waals surface area contributed by atoms with Crippen LogP contribution in [0.4, 0.5) is 4.39 Å². The molecule has 0 atom stereocenters. The van der Waals surface area contributed by atoms with Gasteiger partial charge in [0.1, 0.15) is 24.8 Å². The Morgan fingerprint density at radius 3 is 2.39 bits per heavy atom. The molecule has 2 aromatic heterocycles. The van der Waals surface area contributed by atoms with E-state index in [1.807, 2.05) is 81.4 Å². The first kappa shape index (κ1) is 27.8. The highest BCUT2D eigenvalue weighted by atomic mass is 19.1. The lowest BCUT2D eigenvalue weighted by molar-refractivity contribution is -0.130. The van der Waals surface area contributed by atoms with Gasteiger partial charge in [-0.25, -0.2) is 13.9 Å². The highest BCUT2D eigenvalue weighted by molar-refractivity contribution is 5.86. The van der Waals surface area contributed by atoms with Gasteiger partial charge in [0.15, 0.2) is 5.65 Å². The van der Waals surface area contributed by atoms with E-state index in [-0.39, 0.29) is 24.7 Å². The predicted octanol–water partition coefficient (Wildman–Crippen LogP) is 6.50. The third-order valence-corrected chi connectivity index (χ3v) is 7.10. The van der Waals surface area contributed by atoms with Crippen LogP contribution in [0, 0.1) is 6.92 Å². The summed E-state index contributed by atoms with van der Waals surface area (Å²) in [7, 11) is 0. The lowest BCUT2D eigenvalue weighted by Crippen LogP contribution is -2.31. The summed E-state index contributed by atoms with van der Waals surface area (Å²) in [6.45, 7) is 6.48. The second-order valence-corrected chi connectivity index (χ2v) is 9.78. The van der Waals surface area contributed by atoms with E-state index in [0.29, 0.717) is 47.0 Å². The largest absolute Gasteiger partial charge is 0.507 e. The molecular weight excluding hydrogens is 519 g/mol. The Morgan fingerprint density at radius 2 is 1.71 bits per heavy atom. The van der Waals surface area contributed by atoms with E-state index in [0.717, 1.165) is 22.4 Å². The molecule has 0 saturated heterocycles. The number of likely N-dealkylation sites (N-methyl/N-ethyl adjacent to an activating group) is 1. The van der Waals surface area contributed by atoms with Crippen molar-refractivity contribution in [3.05, 3.63) is 90.0 Å². The number of phenols is 1. The number of alkyl halides is 1. The van der Waals surface area contributed by atoms with Crippen molar-refractivity contribution in [1.82, 2.24) is 19.5 Å². The minimum Gasteiger partial charge on any atom is -0.507 e. The zero-order chi connectivity index (χ0) is 28.9. The molecule has 0 spiro atoms. The third kappa shape index (κ3) is 5.77. The summed E-state index contributed by atoms with van der Waals surface area (Å²) in [5, 5.41) is 15.8. The standard InChI is InChI=1S/C33H33FN4O3/c1-4-37(5-2)31(40)20-27-32(24-12-14-25(15-13-24)41-18-17-34)36-38-29(23-9-7-6-8-10-23)21-28(35-33(27)38)26-19-22(3)11-16-30(26)39/h6-16,19,21,39H,4-5,17-18,20H2,1-3H3. The Bertz CT molecular complexity index is 1660. The van der Waals surface area contributed by atoms with Gasteiger partial charge in [-0.15, -0.1) is 0 Å². The molecule has 0 unspecified atom stereocenters. The molecule has 0 fully saturated rings. The second-order valence-electron chi connectivity index (χ2n) is 9.78. The molecule has 0 radical (unpaired) electrons. The monoisotopic (exact) mass is 552 g/mol. The summed E-state index contributed by atoms with van der Waals surface area (Å²) in [6.07, 6.45) is 0.102. The number of rotatable bonds is 10. The Hall–Kier alpha value is -4.72. The number of fused-ring (bicyclic) bond motifs is 1. The van der Waals surface area contributed by atoms with E-state index in [9.17, 15) is 14.3 Å². The van der Waals surface area contributed by atoms with Crippen LogP contribution in [0.5, 0.6) is 11.5 Å². The Balaban J connectivity index is 1.78. The topological polar surface area (TPSA) is 80.0 Å². The highest BCUT2D eigenvalue weighted by Gasteiger charge is 2.24. The highest BCUT2D eigenvalue weighted by Crippen LogP contribution is 2.36. The van der Waals surface area contributed by atoms with Crippen molar-refractivity contribution >= 4 is 11.6 Å². The van der Waals surface area contributed by atoms with Crippen LogP contribution in [0.15, 0.2) is 78.9 Å². The van der Waals surface area contributed by atoms with Gasteiger partial charge in [-0.3, -0.25) is 4.79 Å². The van der Waals surface area contributed by atoms with E-state index >= 15 is 0 Å². The maximum Gasteiger partial charge on any atom is 0.227 e. The maximum atomic E-state index is 13.4. The Labute approximate surface area is 238 Å². The summed E-state index contributed by atoms with van der Waals surface area (Å²) in [4.78, 5) is 20.2. The molecule has 0 aliphatic carbocycles. The summed E-state index contributed by atoms with van der Waals surface area (Å²) in [6, 6.07) is 24.4. The quantitative estimate of drug-likeness (QED) is 0.214. The van der Waals surface area contributed by atoms with Crippen LogP contribution in [0.2, 0.25) is 0 Å². The number of hydrogen-bond donors (Lipinski definition) is 1. The number of aromatic hydroxyl groups is 1. The minimum absolute atomic E-state index is 0.0176. The molecule has 3 aromatic carbocycles. The van der Waals surface area contributed by atoms with Gasteiger partial charge in [-0.05, 0) is 63.2 Å². The number of carbonyl (C=O) groups excluding carboxylic acids is 1. The predicted molar refractivity (Wildman–Crippen MR) is 159 cm³/mol. The van der Waals surface area contributed by atoms with E-state index in [1.54, 1.807) is 27.6 Å². The first-order valence-electron chi connectivity index (χ1n) is 13.8. The molecule has 1 N–H and O–H groups in total. The molecule has 8 heteroatoms. The van der Waals surface area contributed by atoms with Gasteiger partial charge < -0.3 is 14.7 Å². The molecule has 210 valence electrons. The lowest BCUT2D eigenvalue weighted by atomic mass is 10.0. The van der Waals surface area contributed by atoms with Gasteiger partial charge >= 0.3 is 0 Å². The number of nitrogens with zero attached hydrogens (tertiary/aromatic N) is 4. The van der Waals surface area contributed by atoms with Crippen molar-refractivity contribution in [2.45, 2.75) is 27.2 Å². The Kier molecular flexibility index (Phi) is 8.29. The summed E-state index contributed by atoms with van der Waals surface area (Å²) < 4.78 is 19.8. The van der Waals surface area contributed by atoms with Crippen LogP contribution >= 0.6 is 0 Å². The average Bonchev–Trinajstić information content (AvgIpc) is 3.36. The molecular formula is C33H33FN4O3. The number of aryl methyl sites for hydroxylation is 1. The van der Waals surface area contributed by atoms with Crippen LogP contribution in [0.25, 0.3) is 39.4 Å². The fraction of sp³-hybridized carbons (Fsp3) is 0.242. The van der Waals surface area contributed by atoms with E-state index < -0.39 is 6.67 Å². The first-order valence-corrected chi connectivity index (χ1v) is 13.8. The molecule has 1 amide bonds. The van der Waals surface area contributed by atoms with Gasteiger partial charge in [0.2, 0.25) is 5.91 Å². The van der Waals surface area contributed by atoms with Gasteiger partial charge in [-0.2, -0.15) is 5.10 Å². The summed E-state index contributed by atoms with van der Waals surface area (Å²) in [5.41, 5.74) is 6.49. The number of halogens is 1. The van der Waals surface area contributed by atoms with Crippen LogP contribution in [0.3, 0.4) is 0 Å². The fourth-order valence-electron chi connectivity index (χ4n) is 4.97. The first-order chi connectivity index (χ1) is 19.9. The molecule has 0 aliphatic heterocycles. The molecule has 5 rings (SSSR count). The molecule has 0 saturated carbocycles. The van der Waals surface area contributed by atoms with Gasteiger partial charge in [-0.1, -0.05) is 42.0 Å². The van der Waals surface area contributed by atoms with Gasteiger partial charge in [0.25, 0.3) is 0 Å². The van der Waals surface area contributed by atoms with Crippen molar-refractivity contribution in [2.75, 3.05) is 26.4 Å². The van der Waals surface area contributed by atoms with Crippen molar-refractivity contribution in [2.24, 2.45) is 0 Å². The Morgan fingerprint density at radius 1 is 0.976 bits per heavy atom. The number of ether oxygens (including phenoxy) is 1. The van der Waals surface area contributed by atoms with E-state index in [1.165, 1.54) is 0 Å². The third-order valence-electron chi connectivity index (χ3n) is 7.10. The lowest BCUT2D eigenvalue weighted by Gasteiger charge is -2.18. The maximum absolute atomic E-state index is 13.4. The number of carbonyl (C=O) groups is 1. The second kappa shape index (κ2) is 12.2. The van der Waals surface area contributed by atoms with E-state index in [4.69, 9.17) is 14.8 Å². The number of amides is 1. The van der Waals surface area contributed by atoms with Crippen LogP contribution in [-0.2, 0) is 11.2 Å². The normalized spacial score (nSPS) is 11.1. The van der Waals surface area contributed by atoms with Gasteiger partial charge in [0, 0.05) is 35.3 Å². The number of hydrogen-bond acceptors (Lipinski definition) is 5. The minimum atomic E-state index is -0.571. The smallest absolute Gasteiger partial charge is 0.227 e. The number of benzene rings is 3. The fourth-order valence-corrected chi connectivity index (χ4v) is 4.97. The molecule has 0 aliphatic rings. The summed E-state index contributed by atoms with van der Waals surface area (Å²) >= 11 is 0. The molecule has 41 heavy (non-hydrogen) atoms. The number of aromatic nitrogens is 3. The molecule has 2 heterocycles. The van der Waals surface area contributed by atoms with E-state index in [2.05, 4.69) is 0 Å². The van der Waals surface area contributed by atoms with Crippen LogP contribution in [-0.4, -0.2) is 56.9 Å². The zero-order valence-electron chi connectivity index (χ0n) is 23.5. The van der Waals surface area contributed by atoms with Gasteiger partial charge in [0.05, 0.1) is 23.5 Å². The summed E-state index contributed by atoms with van der Waals surface area (Å²) in [5.74, 6) is 0.646. The SMILES string of the molecule is CCN(CC)C(=O)Cc1c(-c2ccc(OCCF)cc2)nn2c(-c3ccccc3)cc(-c3cc(C)ccc3O)nc12. The zero-order valence-corrected chi connectivity index (χ0v) is 23.5. The van der Waals surface area contributed by atoms with Crippen molar-refractivity contribution in [3.8, 4) is 45.3 Å². The van der Waals surface area contributed by atoms with Crippen molar-refractivity contribution < 1.29 is 19.0 Å². The number of phenolic OH excluding ortho intramolecular Hbond substituents is 1. The van der Waals surface area contributed by atoms with Crippen molar-refractivity contribution in [1.29, 1.82) is 0 Å². The van der Waals surface area contributed by atoms with Crippen LogP contribution < -0.4 is 4.74 Å². The van der Waals surface area contributed by atoms with Crippen LogP contribution in [0.1, 0.15) is 25.0 Å². The molecule has 0 bridgehead atoms.